The zero-order valence-corrected chi connectivity index (χ0v) is 12.4. The fourth-order valence-electron chi connectivity index (χ4n) is 3.36. The summed E-state index contributed by atoms with van der Waals surface area (Å²) < 4.78 is 11.1. The number of likely N-dealkylation sites (tertiary alicyclic amines) is 1. The van der Waals surface area contributed by atoms with E-state index in [4.69, 9.17) is 9.15 Å². The molecular formula is C16H26N2O2. The molecule has 1 aromatic heterocycles. The minimum absolute atomic E-state index is 0.372. The Hall–Kier alpha value is -0.840. The van der Waals surface area contributed by atoms with Crippen molar-refractivity contribution in [2.45, 2.75) is 38.3 Å². The molecule has 0 amide bonds. The molecule has 2 aliphatic rings. The van der Waals surface area contributed by atoms with E-state index in [1.165, 1.54) is 32.4 Å². The molecule has 20 heavy (non-hydrogen) atoms. The molecule has 1 N–H and O–H groups in total. The maximum absolute atomic E-state index is 5.66. The van der Waals surface area contributed by atoms with Crippen molar-refractivity contribution in [3.05, 3.63) is 24.2 Å². The fraction of sp³-hybridized carbons (Fsp3) is 0.750. The molecular weight excluding hydrogens is 252 g/mol. The maximum atomic E-state index is 5.66. The second kappa shape index (κ2) is 6.74. The molecule has 0 saturated carbocycles. The quantitative estimate of drug-likeness (QED) is 0.867. The molecule has 4 nitrogen and oxygen atoms in total. The van der Waals surface area contributed by atoms with E-state index in [9.17, 15) is 0 Å². The van der Waals surface area contributed by atoms with Gasteiger partial charge in [-0.25, -0.2) is 0 Å². The van der Waals surface area contributed by atoms with Crippen LogP contribution < -0.4 is 5.32 Å². The Balaban J connectivity index is 1.58. The van der Waals surface area contributed by atoms with Crippen molar-refractivity contribution in [3.8, 4) is 0 Å². The van der Waals surface area contributed by atoms with Crippen LogP contribution in [0.5, 0.6) is 0 Å². The van der Waals surface area contributed by atoms with Gasteiger partial charge in [0.15, 0.2) is 0 Å². The first-order valence-corrected chi connectivity index (χ1v) is 7.93. The lowest BCUT2D eigenvalue weighted by molar-refractivity contribution is 0.171. The van der Waals surface area contributed by atoms with Gasteiger partial charge in [0, 0.05) is 19.2 Å². The first kappa shape index (κ1) is 14.1. The highest BCUT2D eigenvalue weighted by Gasteiger charge is 2.27. The third-order valence-corrected chi connectivity index (χ3v) is 4.76. The molecule has 3 rings (SSSR count). The topological polar surface area (TPSA) is 37.6 Å². The summed E-state index contributed by atoms with van der Waals surface area (Å²) >= 11 is 0. The maximum Gasteiger partial charge on any atom is 0.122 e. The fourth-order valence-corrected chi connectivity index (χ4v) is 3.36. The molecule has 4 heteroatoms. The van der Waals surface area contributed by atoms with Crippen LogP contribution in [0.3, 0.4) is 0 Å². The number of ether oxygens (including phenoxy) is 1. The predicted octanol–water partition coefficient (Wildman–Crippen LogP) is 2.43. The Bertz CT molecular complexity index is 381. The van der Waals surface area contributed by atoms with E-state index in [0.29, 0.717) is 18.0 Å². The van der Waals surface area contributed by atoms with E-state index >= 15 is 0 Å². The van der Waals surface area contributed by atoms with Gasteiger partial charge in [-0.05, 0) is 57.3 Å². The first-order valence-electron chi connectivity index (χ1n) is 7.93. The van der Waals surface area contributed by atoms with E-state index in [2.05, 4.69) is 23.2 Å². The van der Waals surface area contributed by atoms with Crippen LogP contribution in [0.1, 0.15) is 38.0 Å². The summed E-state index contributed by atoms with van der Waals surface area (Å²) in [6, 6.07) is 4.98. The van der Waals surface area contributed by atoms with Gasteiger partial charge in [-0.1, -0.05) is 0 Å². The highest BCUT2D eigenvalue weighted by molar-refractivity contribution is 5.06. The van der Waals surface area contributed by atoms with Crippen molar-refractivity contribution < 1.29 is 9.15 Å². The molecule has 3 heterocycles. The Labute approximate surface area is 121 Å². The normalized spacial score (nSPS) is 26.9. The van der Waals surface area contributed by atoms with Gasteiger partial charge in [-0.2, -0.15) is 0 Å². The second-order valence-electron chi connectivity index (χ2n) is 6.09. The number of furan rings is 1. The van der Waals surface area contributed by atoms with Gasteiger partial charge < -0.3 is 14.5 Å². The molecule has 112 valence electrons. The summed E-state index contributed by atoms with van der Waals surface area (Å²) in [5.41, 5.74) is 0. The van der Waals surface area contributed by atoms with Crippen LogP contribution >= 0.6 is 0 Å². The Kier molecular flexibility index (Phi) is 4.76. The van der Waals surface area contributed by atoms with Gasteiger partial charge in [-0.3, -0.25) is 4.90 Å². The molecule has 2 fully saturated rings. The van der Waals surface area contributed by atoms with E-state index < -0.39 is 0 Å². The molecule has 3 atom stereocenters. The van der Waals surface area contributed by atoms with E-state index in [-0.39, 0.29) is 0 Å². The van der Waals surface area contributed by atoms with Gasteiger partial charge in [0.1, 0.15) is 5.76 Å². The minimum Gasteiger partial charge on any atom is -0.468 e. The van der Waals surface area contributed by atoms with Crippen LogP contribution in [0.4, 0.5) is 0 Å². The number of rotatable bonds is 6. The summed E-state index contributed by atoms with van der Waals surface area (Å²) in [6.07, 6.45) is 5.59. The van der Waals surface area contributed by atoms with Crippen LogP contribution in [0, 0.1) is 5.92 Å². The van der Waals surface area contributed by atoms with Crippen molar-refractivity contribution in [1.82, 2.24) is 10.2 Å². The molecule has 0 spiro atoms. The van der Waals surface area contributed by atoms with Gasteiger partial charge in [0.2, 0.25) is 0 Å². The molecule has 1 aromatic rings. The van der Waals surface area contributed by atoms with Crippen LogP contribution in [-0.2, 0) is 4.74 Å². The molecule has 2 saturated heterocycles. The van der Waals surface area contributed by atoms with Crippen LogP contribution in [-0.4, -0.2) is 43.8 Å². The number of hydrogen-bond acceptors (Lipinski definition) is 4. The third kappa shape index (κ3) is 3.25. The van der Waals surface area contributed by atoms with Crippen LogP contribution in [0.15, 0.2) is 22.8 Å². The Morgan fingerprint density at radius 3 is 2.90 bits per heavy atom. The van der Waals surface area contributed by atoms with E-state index in [1.54, 1.807) is 6.26 Å². The first-order chi connectivity index (χ1) is 9.84. The zero-order chi connectivity index (χ0) is 13.8. The molecule has 2 aliphatic heterocycles. The zero-order valence-electron chi connectivity index (χ0n) is 12.4. The van der Waals surface area contributed by atoms with Crippen molar-refractivity contribution in [1.29, 1.82) is 0 Å². The van der Waals surface area contributed by atoms with Gasteiger partial charge in [0.25, 0.3) is 0 Å². The summed E-state index contributed by atoms with van der Waals surface area (Å²) in [7, 11) is 0. The minimum atomic E-state index is 0.372. The summed E-state index contributed by atoms with van der Waals surface area (Å²) in [5, 5.41) is 3.71. The van der Waals surface area contributed by atoms with E-state index in [0.717, 1.165) is 25.5 Å². The molecule has 3 unspecified atom stereocenters. The predicted molar refractivity (Wildman–Crippen MR) is 78.6 cm³/mol. The number of hydrogen-bond donors (Lipinski definition) is 1. The SMILES string of the molecule is CC(NCC(c1ccco1)N1CCCC1)C1CCOC1. The molecule has 0 aromatic carbocycles. The second-order valence-corrected chi connectivity index (χ2v) is 6.09. The average Bonchev–Trinajstić information content (AvgIpc) is 3.22. The number of nitrogens with one attached hydrogen (secondary N) is 1. The molecule has 0 bridgehead atoms. The lowest BCUT2D eigenvalue weighted by atomic mass is 10.0. The Morgan fingerprint density at radius 2 is 2.25 bits per heavy atom. The van der Waals surface area contributed by atoms with Gasteiger partial charge in [0.05, 0.1) is 18.9 Å². The van der Waals surface area contributed by atoms with Crippen molar-refractivity contribution in [2.24, 2.45) is 5.92 Å². The molecule has 0 aliphatic carbocycles. The summed E-state index contributed by atoms with van der Waals surface area (Å²) in [5.74, 6) is 1.75. The average molecular weight is 278 g/mol. The van der Waals surface area contributed by atoms with Crippen LogP contribution in [0.2, 0.25) is 0 Å². The largest absolute Gasteiger partial charge is 0.468 e. The van der Waals surface area contributed by atoms with Gasteiger partial charge >= 0.3 is 0 Å². The third-order valence-electron chi connectivity index (χ3n) is 4.76. The highest BCUT2D eigenvalue weighted by Crippen LogP contribution is 2.25. The lowest BCUT2D eigenvalue weighted by Crippen LogP contribution is -2.40. The standard InChI is InChI=1S/C16H26N2O2/c1-13(14-6-10-19-12-14)17-11-15(16-5-4-9-20-16)18-7-2-3-8-18/h4-5,9,13-15,17H,2-3,6-8,10-12H2,1H3. The van der Waals surface area contributed by atoms with Crippen molar-refractivity contribution in [3.63, 3.8) is 0 Å². The highest BCUT2D eigenvalue weighted by atomic mass is 16.5. The van der Waals surface area contributed by atoms with Crippen molar-refractivity contribution >= 4 is 0 Å². The monoisotopic (exact) mass is 278 g/mol. The lowest BCUT2D eigenvalue weighted by Gasteiger charge is -2.28. The van der Waals surface area contributed by atoms with E-state index in [1.807, 2.05) is 6.07 Å². The number of nitrogens with zero attached hydrogens (tertiary/aromatic N) is 1. The molecule has 0 radical (unpaired) electrons. The smallest absolute Gasteiger partial charge is 0.122 e. The van der Waals surface area contributed by atoms with Crippen LogP contribution in [0.25, 0.3) is 0 Å². The van der Waals surface area contributed by atoms with Gasteiger partial charge in [-0.15, -0.1) is 0 Å². The summed E-state index contributed by atoms with van der Waals surface area (Å²) in [6.45, 7) is 7.45. The summed E-state index contributed by atoms with van der Waals surface area (Å²) in [4.78, 5) is 2.55. The van der Waals surface area contributed by atoms with Crippen molar-refractivity contribution in [2.75, 3.05) is 32.8 Å². The Morgan fingerprint density at radius 1 is 1.40 bits per heavy atom.